The van der Waals surface area contributed by atoms with Crippen LogP contribution >= 0.6 is 27.5 Å². The Balaban J connectivity index is 2.85. The van der Waals surface area contributed by atoms with E-state index in [0.717, 1.165) is 22.0 Å². The summed E-state index contributed by atoms with van der Waals surface area (Å²) in [4.78, 5) is 0. The molecule has 1 aromatic rings. The number of nitrogens with two attached hydrogens (primary N) is 1. The van der Waals surface area contributed by atoms with Gasteiger partial charge in [0, 0.05) is 10.5 Å². The first-order valence-corrected chi connectivity index (χ1v) is 5.52. The van der Waals surface area contributed by atoms with E-state index in [-0.39, 0.29) is 6.04 Å². The number of benzene rings is 1. The lowest BCUT2D eigenvalue weighted by Gasteiger charge is -2.12. The molecule has 0 saturated carbocycles. The Kier molecular flexibility index (Phi) is 4.17. The Morgan fingerprint density at radius 3 is 2.79 bits per heavy atom. The zero-order valence-electron chi connectivity index (χ0n) is 8.06. The van der Waals surface area contributed by atoms with Gasteiger partial charge in [-0.25, -0.2) is 0 Å². The fraction of sp³-hybridized carbons (Fsp3) is 0.273. The number of hydrogen-bond acceptors (Lipinski definition) is 1. The second kappa shape index (κ2) is 4.96. The van der Waals surface area contributed by atoms with Crippen molar-refractivity contribution >= 4 is 27.5 Å². The molecular formula is C11H13BrClN. The van der Waals surface area contributed by atoms with Crippen molar-refractivity contribution in [3.8, 4) is 0 Å². The summed E-state index contributed by atoms with van der Waals surface area (Å²) >= 11 is 9.26. The molecule has 0 fully saturated rings. The van der Waals surface area contributed by atoms with Gasteiger partial charge >= 0.3 is 0 Å². The lowest BCUT2D eigenvalue weighted by atomic mass is 10.0. The second-order valence-corrected chi connectivity index (χ2v) is 4.70. The molecule has 1 atom stereocenters. The summed E-state index contributed by atoms with van der Waals surface area (Å²) in [5.41, 5.74) is 8.15. The van der Waals surface area contributed by atoms with Crippen molar-refractivity contribution in [1.82, 2.24) is 0 Å². The third-order valence-electron chi connectivity index (χ3n) is 1.94. The van der Waals surface area contributed by atoms with Crippen molar-refractivity contribution in [1.29, 1.82) is 0 Å². The van der Waals surface area contributed by atoms with Crippen LogP contribution < -0.4 is 5.73 Å². The Hall–Kier alpha value is -0.310. The molecule has 0 aliphatic heterocycles. The molecule has 2 N–H and O–H groups in total. The van der Waals surface area contributed by atoms with Gasteiger partial charge < -0.3 is 5.73 Å². The van der Waals surface area contributed by atoms with Gasteiger partial charge in [-0.2, -0.15) is 0 Å². The molecule has 0 unspecified atom stereocenters. The Labute approximate surface area is 98.1 Å². The van der Waals surface area contributed by atoms with Gasteiger partial charge in [0.15, 0.2) is 0 Å². The molecule has 0 aromatic heterocycles. The molecule has 76 valence electrons. The van der Waals surface area contributed by atoms with Crippen LogP contribution in [0.25, 0.3) is 0 Å². The molecule has 0 bridgehead atoms. The average Bonchev–Trinajstić information content (AvgIpc) is 2.08. The molecule has 0 amide bonds. The monoisotopic (exact) mass is 273 g/mol. The van der Waals surface area contributed by atoms with Crippen LogP contribution in [0, 0.1) is 0 Å². The van der Waals surface area contributed by atoms with Crippen LogP contribution in [0.1, 0.15) is 24.9 Å². The number of halogens is 2. The van der Waals surface area contributed by atoms with Gasteiger partial charge in [0.25, 0.3) is 0 Å². The van der Waals surface area contributed by atoms with Crippen LogP contribution in [0.2, 0.25) is 5.02 Å². The Bertz CT molecular complexity index is 349. The van der Waals surface area contributed by atoms with Crippen LogP contribution in [-0.2, 0) is 0 Å². The quantitative estimate of drug-likeness (QED) is 0.826. The van der Waals surface area contributed by atoms with Crippen molar-refractivity contribution in [3.05, 3.63) is 45.4 Å². The van der Waals surface area contributed by atoms with E-state index in [1.807, 2.05) is 25.1 Å². The molecule has 1 aromatic carbocycles. The molecular weight excluding hydrogens is 261 g/mol. The minimum Gasteiger partial charge on any atom is -0.324 e. The predicted molar refractivity (Wildman–Crippen MR) is 65.5 cm³/mol. The van der Waals surface area contributed by atoms with Crippen molar-refractivity contribution in [2.75, 3.05) is 0 Å². The van der Waals surface area contributed by atoms with E-state index in [0.29, 0.717) is 5.02 Å². The maximum Gasteiger partial charge on any atom is 0.0548 e. The summed E-state index contributed by atoms with van der Waals surface area (Å²) in [6.45, 7) is 5.82. The van der Waals surface area contributed by atoms with Gasteiger partial charge in [-0.1, -0.05) is 23.2 Å². The largest absolute Gasteiger partial charge is 0.324 e. The van der Waals surface area contributed by atoms with E-state index in [1.54, 1.807) is 0 Å². The third kappa shape index (κ3) is 3.12. The maximum atomic E-state index is 5.99. The van der Waals surface area contributed by atoms with Crippen LogP contribution in [0.4, 0.5) is 0 Å². The highest BCUT2D eigenvalue weighted by atomic mass is 79.9. The Morgan fingerprint density at radius 1 is 1.64 bits per heavy atom. The second-order valence-electron chi connectivity index (χ2n) is 3.44. The summed E-state index contributed by atoms with van der Waals surface area (Å²) in [7, 11) is 0. The topological polar surface area (TPSA) is 26.0 Å². The molecule has 0 radical (unpaired) electrons. The van der Waals surface area contributed by atoms with E-state index >= 15 is 0 Å². The summed E-state index contributed by atoms with van der Waals surface area (Å²) in [5.74, 6) is 0. The van der Waals surface area contributed by atoms with Gasteiger partial charge in [-0.05, 0) is 47.0 Å². The third-order valence-corrected chi connectivity index (χ3v) is 3.15. The van der Waals surface area contributed by atoms with Crippen LogP contribution in [-0.4, -0.2) is 0 Å². The summed E-state index contributed by atoms with van der Waals surface area (Å²) in [6, 6.07) is 5.75. The minimum atomic E-state index is 0.000988. The van der Waals surface area contributed by atoms with Crippen molar-refractivity contribution in [2.24, 2.45) is 5.73 Å². The van der Waals surface area contributed by atoms with Crippen molar-refractivity contribution < 1.29 is 0 Å². The lowest BCUT2D eigenvalue weighted by molar-refractivity contribution is 0.717. The van der Waals surface area contributed by atoms with Crippen LogP contribution in [0.5, 0.6) is 0 Å². The van der Waals surface area contributed by atoms with Crippen molar-refractivity contribution in [2.45, 2.75) is 19.4 Å². The van der Waals surface area contributed by atoms with E-state index < -0.39 is 0 Å². The normalized spacial score (nSPS) is 12.6. The van der Waals surface area contributed by atoms with E-state index in [1.165, 1.54) is 0 Å². The number of rotatable bonds is 3. The zero-order valence-corrected chi connectivity index (χ0v) is 10.4. The molecule has 1 rings (SSSR count). The first kappa shape index (κ1) is 11.8. The van der Waals surface area contributed by atoms with Gasteiger partial charge in [-0.15, -0.1) is 6.58 Å². The average molecular weight is 275 g/mol. The highest BCUT2D eigenvalue weighted by Crippen LogP contribution is 2.27. The first-order chi connectivity index (χ1) is 6.50. The lowest BCUT2D eigenvalue weighted by Crippen LogP contribution is -2.10. The van der Waals surface area contributed by atoms with Crippen LogP contribution in [0.3, 0.4) is 0 Å². The van der Waals surface area contributed by atoms with Gasteiger partial charge in [0.2, 0.25) is 0 Å². The highest BCUT2D eigenvalue weighted by molar-refractivity contribution is 9.10. The van der Waals surface area contributed by atoms with Crippen LogP contribution in [0.15, 0.2) is 34.8 Å². The summed E-state index contributed by atoms with van der Waals surface area (Å²) in [6.07, 6.45) is 0.800. The molecule has 0 heterocycles. The molecule has 0 saturated heterocycles. The van der Waals surface area contributed by atoms with E-state index in [2.05, 4.69) is 22.5 Å². The highest BCUT2D eigenvalue weighted by Gasteiger charge is 2.07. The smallest absolute Gasteiger partial charge is 0.0548 e. The standard InChI is InChI=1S/C11H13BrClN/c1-7(2)5-11(14)8-3-4-10(13)9(12)6-8/h3-4,6,11H,1,5,14H2,2H3/t11-/m0/s1. The fourth-order valence-corrected chi connectivity index (χ4v) is 1.75. The van der Waals surface area contributed by atoms with Gasteiger partial charge in [0.05, 0.1) is 5.02 Å². The molecule has 0 aliphatic rings. The number of hydrogen-bond donors (Lipinski definition) is 1. The van der Waals surface area contributed by atoms with E-state index in [9.17, 15) is 0 Å². The molecule has 3 heteroatoms. The van der Waals surface area contributed by atoms with Gasteiger partial charge in [0.1, 0.15) is 0 Å². The first-order valence-electron chi connectivity index (χ1n) is 4.35. The van der Waals surface area contributed by atoms with E-state index in [4.69, 9.17) is 17.3 Å². The zero-order chi connectivity index (χ0) is 10.7. The SMILES string of the molecule is C=C(C)C[C@H](N)c1ccc(Cl)c(Br)c1. The predicted octanol–water partition coefficient (Wildman–Crippen LogP) is 4.07. The Morgan fingerprint density at radius 2 is 2.29 bits per heavy atom. The maximum absolute atomic E-state index is 5.99. The summed E-state index contributed by atoms with van der Waals surface area (Å²) in [5, 5.41) is 0.705. The molecule has 14 heavy (non-hydrogen) atoms. The van der Waals surface area contributed by atoms with Crippen molar-refractivity contribution in [3.63, 3.8) is 0 Å². The minimum absolute atomic E-state index is 0.000988. The summed E-state index contributed by atoms with van der Waals surface area (Å²) < 4.78 is 0.883. The molecule has 0 spiro atoms. The molecule has 1 nitrogen and oxygen atoms in total. The molecule has 0 aliphatic carbocycles. The fourth-order valence-electron chi connectivity index (χ4n) is 1.24. The van der Waals surface area contributed by atoms with Gasteiger partial charge in [-0.3, -0.25) is 0 Å².